The van der Waals surface area contributed by atoms with Crippen molar-refractivity contribution in [3.63, 3.8) is 0 Å². The number of halogens is 3. The lowest BCUT2D eigenvalue weighted by molar-refractivity contribution is 0.103. The van der Waals surface area contributed by atoms with Crippen molar-refractivity contribution in [2.75, 3.05) is 0 Å². The van der Waals surface area contributed by atoms with Crippen LogP contribution in [0.2, 0.25) is 5.02 Å². The second kappa shape index (κ2) is 5.21. The average molecular weight is 328 g/mol. The van der Waals surface area contributed by atoms with Gasteiger partial charge >= 0.3 is 0 Å². The molecule has 18 heavy (non-hydrogen) atoms. The normalized spacial score (nSPS) is 10.4. The van der Waals surface area contributed by atoms with E-state index < -0.39 is 5.82 Å². The third-order valence-corrected chi connectivity index (χ3v) is 3.73. The lowest BCUT2D eigenvalue weighted by Crippen LogP contribution is -2.06. The van der Waals surface area contributed by atoms with Crippen LogP contribution in [0.4, 0.5) is 4.39 Å². The average Bonchev–Trinajstić information content (AvgIpc) is 2.35. The molecule has 0 radical (unpaired) electrons. The third kappa shape index (κ3) is 2.33. The zero-order valence-corrected chi connectivity index (χ0v) is 11.8. The molecule has 0 fully saturated rings. The summed E-state index contributed by atoms with van der Waals surface area (Å²) < 4.78 is 14.1. The van der Waals surface area contributed by atoms with Crippen molar-refractivity contribution in [1.29, 1.82) is 0 Å². The summed E-state index contributed by atoms with van der Waals surface area (Å²) in [4.78, 5) is 12.3. The zero-order valence-electron chi connectivity index (χ0n) is 9.51. The van der Waals surface area contributed by atoms with Crippen LogP contribution in [0.5, 0.6) is 0 Å². The van der Waals surface area contributed by atoms with Gasteiger partial charge in [-0.05, 0) is 46.6 Å². The van der Waals surface area contributed by atoms with E-state index in [0.29, 0.717) is 16.1 Å². The van der Waals surface area contributed by atoms with Crippen LogP contribution in [0, 0.1) is 12.7 Å². The smallest absolute Gasteiger partial charge is 0.196 e. The van der Waals surface area contributed by atoms with Crippen LogP contribution in [-0.4, -0.2) is 5.78 Å². The van der Waals surface area contributed by atoms with Crippen LogP contribution < -0.4 is 0 Å². The third-order valence-electron chi connectivity index (χ3n) is 2.71. The largest absolute Gasteiger partial charge is 0.288 e. The maximum Gasteiger partial charge on any atom is 0.196 e. The predicted octanol–water partition coefficient (Wildman–Crippen LogP) is 4.78. The van der Waals surface area contributed by atoms with Crippen molar-refractivity contribution in [3.8, 4) is 0 Å². The van der Waals surface area contributed by atoms with E-state index in [-0.39, 0.29) is 15.8 Å². The Hall–Kier alpha value is -1.19. The van der Waals surface area contributed by atoms with Crippen LogP contribution >= 0.6 is 27.5 Å². The summed E-state index contributed by atoms with van der Waals surface area (Å²) in [6.45, 7) is 1.74. The predicted molar refractivity (Wildman–Crippen MR) is 73.7 cm³/mol. The van der Waals surface area contributed by atoms with Gasteiger partial charge in [0.1, 0.15) is 5.82 Å². The fraction of sp³-hybridized carbons (Fsp3) is 0.0714. The van der Waals surface area contributed by atoms with Gasteiger partial charge in [0.05, 0.1) is 10.0 Å². The summed E-state index contributed by atoms with van der Waals surface area (Å²) in [5, 5.41) is 0.497. The van der Waals surface area contributed by atoms with Gasteiger partial charge in [0.2, 0.25) is 0 Å². The fourth-order valence-electron chi connectivity index (χ4n) is 1.68. The molecule has 0 atom stereocenters. The van der Waals surface area contributed by atoms with Gasteiger partial charge in [-0.3, -0.25) is 4.79 Å². The van der Waals surface area contributed by atoms with Crippen molar-refractivity contribution in [3.05, 3.63) is 68.4 Å². The molecule has 2 rings (SSSR count). The van der Waals surface area contributed by atoms with Crippen molar-refractivity contribution in [2.45, 2.75) is 6.92 Å². The Labute approximate surface area is 118 Å². The molecule has 0 unspecified atom stereocenters. The maximum atomic E-state index is 13.9. The summed E-state index contributed by atoms with van der Waals surface area (Å²) in [7, 11) is 0. The lowest BCUT2D eigenvalue weighted by atomic mass is 9.99. The summed E-state index contributed by atoms with van der Waals surface area (Å²) in [5.74, 6) is -0.921. The Bertz CT molecular complexity index is 572. The minimum atomic E-state index is -0.554. The fourth-order valence-corrected chi connectivity index (χ4v) is 2.22. The molecule has 0 spiro atoms. The number of hydrogen-bond donors (Lipinski definition) is 0. The first-order chi connectivity index (χ1) is 8.52. The number of benzene rings is 2. The monoisotopic (exact) mass is 326 g/mol. The molecular formula is C14H9BrClFO. The first-order valence-corrected chi connectivity index (χ1v) is 6.43. The Morgan fingerprint density at radius 3 is 2.50 bits per heavy atom. The lowest BCUT2D eigenvalue weighted by Gasteiger charge is -2.08. The van der Waals surface area contributed by atoms with Gasteiger partial charge in [-0.25, -0.2) is 4.39 Å². The molecule has 0 N–H and O–H groups in total. The molecule has 4 heteroatoms. The van der Waals surface area contributed by atoms with Crippen molar-refractivity contribution in [1.82, 2.24) is 0 Å². The van der Waals surface area contributed by atoms with Gasteiger partial charge in [-0.1, -0.05) is 29.8 Å². The van der Waals surface area contributed by atoms with Gasteiger partial charge in [0.25, 0.3) is 0 Å². The molecule has 0 aromatic heterocycles. The van der Waals surface area contributed by atoms with E-state index in [1.807, 2.05) is 0 Å². The number of carbonyl (C=O) groups is 1. The van der Waals surface area contributed by atoms with Crippen LogP contribution in [-0.2, 0) is 0 Å². The molecule has 1 nitrogen and oxygen atoms in total. The summed E-state index contributed by atoms with van der Waals surface area (Å²) in [6.07, 6.45) is 0. The van der Waals surface area contributed by atoms with Crippen molar-refractivity contribution >= 4 is 33.3 Å². The van der Waals surface area contributed by atoms with E-state index in [0.717, 1.165) is 0 Å². The minimum Gasteiger partial charge on any atom is -0.288 e. The first-order valence-electron chi connectivity index (χ1n) is 5.26. The SMILES string of the molecule is Cc1c(Cl)cccc1C(=O)c1cccc(Br)c1F. The summed E-state index contributed by atoms with van der Waals surface area (Å²) in [6, 6.07) is 9.66. The second-order valence-corrected chi connectivity index (χ2v) is 5.10. The van der Waals surface area contributed by atoms with Crippen LogP contribution in [0.3, 0.4) is 0 Å². The zero-order chi connectivity index (χ0) is 13.3. The van der Waals surface area contributed by atoms with Crippen molar-refractivity contribution < 1.29 is 9.18 Å². The van der Waals surface area contributed by atoms with Crippen LogP contribution in [0.25, 0.3) is 0 Å². The molecule has 0 bridgehead atoms. The summed E-state index contributed by atoms with van der Waals surface area (Å²) in [5.41, 5.74) is 1.11. The molecule has 0 saturated heterocycles. The van der Waals surface area contributed by atoms with Gasteiger partial charge < -0.3 is 0 Å². The number of hydrogen-bond acceptors (Lipinski definition) is 1. The first kappa shape index (κ1) is 13.2. The number of carbonyl (C=O) groups excluding carboxylic acids is 1. The molecule has 2 aromatic carbocycles. The minimum absolute atomic E-state index is 0.0368. The highest BCUT2D eigenvalue weighted by Gasteiger charge is 2.18. The molecule has 0 saturated carbocycles. The van der Waals surface area contributed by atoms with Crippen molar-refractivity contribution in [2.24, 2.45) is 0 Å². The molecule has 0 heterocycles. The standard InChI is InChI=1S/C14H9BrClFO/c1-8-9(4-3-7-12(8)16)14(18)10-5-2-6-11(15)13(10)17/h2-7H,1H3. The van der Waals surface area contributed by atoms with E-state index in [2.05, 4.69) is 15.9 Å². The topological polar surface area (TPSA) is 17.1 Å². The van der Waals surface area contributed by atoms with E-state index in [9.17, 15) is 9.18 Å². The van der Waals surface area contributed by atoms with E-state index in [1.165, 1.54) is 6.07 Å². The molecule has 0 aliphatic carbocycles. The molecule has 0 aliphatic rings. The van der Waals surface area contributed by atoms with E-state index in [4.69, 9.17) is 11.6 Å². The van der Waals surface area contributed by atoms with E-state index >= 15 is 0 Å². The van der Waals surface area contributed by atoms with E-state index in [1.54, 1.807) is 37.3 Å². The quantitative estimate of drug-likeness (QED) is 0.725. The Morgan fingerprint density at radius 1 is 1.17 bits per heavy atom. The van der Waals surface area contributed by atoms with Gasteiger partial charge in [0, 0.05) is 10.6 Å². The second-order valence-electron chi connectivity index (χ2n) is 3.84. The highest BCUT2D eigenvalue weighted by molar-refractivity contribution is 9.10. The number of rotatable bonds is 2. The molecule has 92 valence electrons. The van der Waals surface area contributed by atoms with Crippen LogP contribution in [0.15, 0.2) is 40.9 Å². The summed E-state index contributed by atoms with van der Waals surface area (Å²) >= 11 is 9.03. The Morgan fingerprint density at radius 2 is 1.78 bits per heavy atom. The molecule has 2 aromatic rings. The highest BCUT2D eigenvalue weighted by atomic mass is 79.9. The Kier molecular flexibility index (Phi) is 3.83. The number of ketones is 1. The molecular weight excluding hydrogens is 319 g/mol. The van der Waals surface area contributed by atoms with Crippen LogP contribution in [0.1, 0.15) is 21.5 Å². The molecule has 0 aliphatic heterocycles. The Balaban J connectivity index is 2.55. The van der Waals surface area contributed by atoms with Gasteiger partial charge in [-0.15, -0.1) is 0 Å². The maximum absolute atomic E-state index is 13.9. The van der Waals surface area contributed by atoms with Gasteiger partial charge in [-0.2, -0.15) is 0 Å². The highest BCUT2D eigenvalue weighted by Crippen LogP contribution is 2.25. The van der Waals surface area contributed by atoms with Gasteiger partial charge in [0.15, 0.2) is 5.78 Å². The molecule has 0 amide bonds.